The van der Waals surface area contributed by atoms with Gasteiger partial charge in [-0.2, -0.15) is 0 Å². The van der Waals surface area contributed by atoms with Crippen LogP contribution < -0.4 is 14.5 Å². The Kier molecular flexibility index (Phi) is 8.01. The van der Waals surface area contributed by atoms with Crippen LogP contribution in [0.25, 0.3) is 0 Å². The highest BCUT2D eigenvalue weighted by Gasteiger charge is 2.27. The molecule has 0 aromatic heterocycles. The van der Waals surface area contributed by atoms with Crippen LogP contribution in [-0.2, 0) is 14.8 Å². The molecule has 0 spiro atoms. The molecule has 1 amide bonds. The Morgan fingerprint density at radius 1 is 0.875 bits per heavy atom. The van der Waals surface area contributed by atoms with E-state index in [2.05, 4.69) is 5.32 Å². The summed E-state index contributed by atoms with van der Waals surface area (Å²) >= 11 is 12.0. The minimum absolute atomic E-state index is 0.0264. The molecule has 9 heteroatoms. The Labute approximate surface area is 198 Å². The summed E-state index contributed by atoms with van der Waals surface area (Å²) in [5.74, 6) is -0.427. The number of nitrogens with one attached hydrogen (secondary N) is 1. The molecule has 0 fully saturated rings. The lowest BCUT2D eigenvalue weighted by molar-refractivity contribution is -0.119. The van der Waals surface area contributed by atoms with Gasteiger partial charge in [-0.1, -0.05) is 47.5 Å². The number of amides is 1. The smallest absolute Gasteiger partial charge is 0.264 e. The maximum Gasteiger partial charge on any atom is 0.264 e. The van der Waals surface area contributed by atoms with Crippen LogP contribution in [-0.4, -0.2) is 41.0 Å². The zero-order valence-electron chi connectivity index (χ0n) is 17.4. The summed E-state index contributed by atoms with van der Waals surface area (Å²) < 4.78 is 27.7. The van der Waals surface area contributed by atoms with Gasteiger partial charge in [-0.3, -0.25) is 9.10 Å². The number of carbonyl (C=O) groups excluding carboxylic acids is 1. The van der Waals surface area contributed by atoms with Crippen molar-refractivity contribution in [3.63, 3.8) is 0 Å². The van der Waals surface area contributed by atoms with Gasteiger partial charge in [0.2, 0.25) is 5.91 Å². The van der Waals surface area contributed by atoms with Gasteiger partial charge in [0.15, 0.2) is 0 Å². The molecule has 3 aromatic carbocycles. The fourth-order valence-corrected chi connectivity index (χ4v) is 4.76. The highest BCUT2D eigenvalue weighted by atomic mass is 35.5. The van der Waals surface area contributed by atoms with Crippen molar-refractivity contribution in [1.29, 1.82) is 0 Å². The van der Waals surface area contributed by atoms with E-state index in [1.807, 2.05) is 42.3 Å². The van der Waals surface area contributed by atoms with Crippen molar-refractivity contribution in [2.24, 2.45) is 0 Å². The van der Waals surface area contributed by atoms with Crippen molar-refractivity contribution >= 4 is 50.5 Å². The van der Waals surface area contributed by atoms with Gasteiger partial charge in [-0.25, -0.2) is 8.42 Å². The normalized spacial score (nSPS) is 11.1. The third-order valence-electron chi connectivity index (χ3n) is 4.75. The minimum Gasteiger partial charge on any atom is -0.373 e. The summed E-state index contributed by atoms with van der Waals surface area (Å²) in [6.07, 6.45) is 0. The maximum absolute atomic E-state index is 13.3. The van der Waals surface area contributed by atoms with Crippen molar-refractivity contribution in [2.75, 3.05) is 35.9 Å². The van der Waals surface area contributed by atoms with Gasteiger partial charge in [-0.15, -0.1) is 0 Å². The molecule has 0 bridgehead atoms. The van der Waals surface area contributed by atoms with E-state index in [4.69, 9.17) is 23.2 Å². The van der Waals surface area contributed by atoms with E-state index >= 15 is 0 Å². The van der Waals surface area contributed by atoms with Crippen LogP contribution in [0.5, 0.6) is 0 Å². The third kappa shape index (κ3) is 6.16. The Hall–Kier alpha value is -2.74. The third-order valence-corrected chi connectivity index (χ3v) is 7.03. The lowest BCUT2D eigenvalue weighted by Crippen LogP contribution is -2.42. The molecule has 0 saturated carbocycles. The van der Waals surface area contributed by atoms with E-state index in [1.165, 1.54) is 30.3 Å². The lowest BCUT2D eigenvalue weighted by atomic mass is 10.3. The summed E-state index contributed by atoms with van der Waals surface area (Å²) in [5, 5.41) is 3.57. The van der Waals surface area contributed by atoms with Crippen molar-refractivity contribution in [3.8, 4) is 0 Å². The standard InChI is InChI=1S/C23H23Cl2N3O3S/c1-27(20-7-3-2-4-8-20)15-14-26-23(29)17-28(21-9-5-6-19(25)16-21)32(30,31)22-12-10-18(24)11-13-22/h2-13,16H,14-15,17H2,1H3,(H,26,29). The van der Waals surface area contributed by atoms with E-state index in [0.29, 0.717) is 28.8 Å². The molecule has 0 unspecified atom stereocenters. The quantitative estimate of drug-likeness (QED) is 0.480. The molecular formula is C23H23Cl2N3O3S. The molecule has 6 nitrogen and oxygen atoms in total. The number of nitrogens with zero attached hydrogens (tertiary/aromatic N) is 2. The van der Waals surface area contributed by atoms with E-state index in [9.17, 15) is 13.2 Å². The number of para-hydroxylation sites is 1. The highest BCUT2D eigenvalue weighted by Crippen LogP contribution is 2.26. The average Bonchev–Trinajstić information content (AvgIpc) is 2.78. The van der Waals surface area contributed by atoms with Crippen LogP contribution in [0, 0.1) is 0 Å². The molecule has 0 aliphatic rings. The SMILES string of the molecule is CN(CCNC(=O)CN(c1cccc(Cl)c1)S(=O)(=O)c1ccc(Cl)cc1)c1ccccc1. The monoisotopic (exact) mass is 491 g/mol. The highest BCUT2D eigenvalue weighted by molar-refractivity contribution is 7.92. The van der Waals surface area contributed by atoms with Gasteiger partial charge in [0.05, 0.1) is 10.6 Å². The van der Waals surface area contributed by atoms with Gasteiger partial charge >= 0.3 is 0 Å². The second-order valence-corrected chi connectivity index (χ2v) is 9.79. The van der Waals surface area contributed by atoms with Crippen molar-refractivity contribution < 1.29 is 13.2 Å². The molecule has 0 aliphatic heterocycles. The molecular weight excluding hydrogens is 469 g/mol. The first kappa shape index (κ1) is 23.9. The number of sulfonamides is 1. The number of halogens is 2. The van der Waals surface area contributed by atoms with E-state index in [1.54, 1.807) is 18.2 Å². The molecule has 0 heterocycles. The Balaban J connectivity index is 1.74. The minimum atomic E-state index is -4.02. The maximum atomic E-state index is 13.3. The van der Waals surface area contributed by atoms with Gasteiger partial charge in [0.25, 0.3) is 10.0 Å². The van der Waals surface area contributed by atoms with E-state index in [0.717, 1.165) is 9.99 Å². The number of benzene rings is 3. The fraction of sp³-hybridized carbons (Fsp3) is 0.174. The lowest BCUT2D eigenvalue weighted by Gasteiger charge is -2.25. The van der Waals surface area contributed by atoms with Gasteiger partial charge in [0, 0.05) is 35.9 Å². The largest absolute Gasteiger partial charge is 0.373 e. The van der Waals surface area contributed by atoms with E-state index < -0.39 is 15.9 Å². The molecule has 3 aromatic rings. The van der Waals surface area contributed by atoms with Crippen molar-refractivity contribution in [1.82, 2.24) is 5.32 Å². The first-order chi connectivity index (χ1) is 15.3. The number of hydrogen-bond acceptors (Lipinski definition) is 4. The first-order valence-corrected chi connectivity index (χ1v) is 12.0. The number of rotatable bonds is 9. The van der Waals surface area contributed by atoms with Crippen LogP contribution in [0.15, 0.2) is 83.8 Å². The predicted molar refractivity (Wildman–Crippen MR) is 130 cm³/mol. The summed E-state index contributed by atoms with van der Waals surface area (Å²) in [6, 6.07) is 21.9. The Morgan fingerprint density at radius 3 is 2.19 bits per heavy atom. The molecule has 32 heavy (non-hydrogen) atoms. The van der Waals surface area contributed by atoms with Gasteiger partial charge in [-0.05, 0) is 54.6 Å². The van der Waals surface area contributed by atoms with Crippen LogP contribution in [0.4, 0.5) is 11.4 Å². The van der Waals surface area contributed by atoms with Gasteiger partial charge in [0.1, 0.15) is 6.54 Å². The molecule has 0 saturated heterocycles. The summed E-state index contributed by atoms with van der Waals surface area (Å²) in [7, 11) is -2.10. The predicted octanol–water partition coefficient (Wildman–Crippen LogP) is 4.44. The number of anilines is 2. The molecule has 1 N–H and O–H groups in total. The fourth-order valence-electron chi connectivity index (χ4n) is 3.04. The zero-order valence-corrected chi connectivity index (χ0v) is 19.7. The van der Waals surface area contributed by atoms with Crippen molar-refractivity contribution in [3.05, 3.63) is 88.9 Å². The van der Waals surface area contributed by atoms with Gasteiger partial charge < -0.3 is 10.2 Å². The van der Waals surface area contributed by atoms with Crippen LogP contribution in [0.2, 0.25) is 10.0 Å². The molecule has 0 atom stereocenters. The second kappa shape index (κ2) is 10.7. The zero-order chi connectivity index (χ0) is 23.1. The summed E-state index contributed by atoms with van der Waals surface area (Å²) in [6.45, 7) is 0.534. The Morgan fingerprint density at radius 2 is 1.53 bits per heavy atom. The molecule has 0 radical (unpaired) electrons. The van der Waals surface area contributed by atoms with Crippen molar-refractivity contribution in [2.45, 2.75) is 4.90 Å². The summed E-state index contributed by atoms with van der Waals surface area (Å²) in [5.41, 5.74) is 1.32. The molecule has 0 aliphatic carbocycles. The topological polar surface area (TPSA) is 69.7 Å². The summed E-state index contributed by atoms with van der Waals surface area (Å²) in [4.78, 5) is 14.7. The van der Waals surface area contributed by atoms with Crippen LogP contribution in [0.3, 0.4) is 0 Å². The first-order valence-electron chi connectivity index (χ1n) is 9.84. The number of carbonyl (C=O) groups is 1. The Bertz CT molecular complexity index is 1160. The van der Waals surface area contributed by atoms with Crippen LogP contribution in [0.1, 0.15) is 0 Å². The number of hydrogen-bond donors (Lipinski definition) is 1. The average molecular weight is 492 g/mol. The van der Waals surface area contributed by atoms with Crippen LogP contribution >= 0.6 is 23.2 Å². The molecule has 168 valence electrons. The number of likely N-dealkylation sites (N-methyl/N-ethyl adjacent to an activating group) is 1. The molecule has 3 rings (SSSR count). The van der Waals surface area contributed by atoms with E-state index in [-0.39, 0.29) is 11.4 Å². The second-order valence-electron chi connectivity index (χ2n) is 7.05.